The van der Waals surface area contributed by atoms with Crippen LogP contribution in [0.5, 0.6) is 0 Å². The quantitative estimate of drug-likeness (QED) is 0.215. The molecule has 2 amide bonds. The van der Waals surface area contributed by atoms with Gasteiger partial charge in [0, 0.05) is 0 Å². The summed E-state index contributed by atoms with van der Waals surface area (Å²) in [6.45, 7) is 14.4. The second kappa shape index (κ2) is 11.4. The molecule has 0 saturated carbocycles. The van der Waals surface area contributed by atoms with Crippen LogP contribution in [0, 0.1) is 0 Å². The molecule has 0 aliphatic carbocycles. The van der Waals surface area contributed by atoms with E-state index in [1.807, 2.05) is 0 Å². The molecule has 0 saturated heterocycles. The van der Waals surface area contributed by atoms with Crippen molar-refractivity contribution in [3.63, 3.8) is 0 Å². The van der Waals surface area contributed by atoms with Gasteiger partial charge >= 0.3 is 7.60 Å². The average Bonchev–Trinajstić information content (AvgIpc) is 2.96. The van der Waals surface area contributed by atoms with Crippen LogP contribution in [0.15, 0.2) is 24.3 Å². The molecule has 1 aliphatic heterocycles. The van der Waals surface area contributed by atoms with Crippen LogP contribution in [0.3, 0.4) is 0 Å². The zero-order chi connectivity index (χ0) is 24.9. The number of nitrogens with zero attached hydrogens (tertiary/aromatic N) is 1. The van der Waals surface area contributed by atoms with Crippen LogP contribution in [-0.4, -0.2) is 64.1 Å². The zero-order valence-corrected chi connectivity index (χ0v) is 22.5. The van der Waals surface area contributed by atoms with Crippen molar-refractivity contribution in [2.45, 2.75) is 58.9 Å². The minimum atomic E-state index is -3.42. The monoisotopic (exact) mass is 501 g/mol. The lowest BCUT2D eigenvalue weighted by molar-refractivity contribution is -0.159. The molecular formula is C22H36NO8PSi. The molecule has 0 fully saturated rings. The number of amides is 2. The second-order valence-electron chi connectivity index (χ2n) is 9.20. The highest BCUT2D eigenvalue weighted by atomic mass is 31.2. The first-order valence-corrected chi connectivity index (χ1v) is 15.7. The number of hydroxylamine groups is 2. The van der Waals surface area contributed by atoms with Crippen LogP contribution in [0.2, 0.25) is 18.1 Å². The highest BCUT2D eigenvalue weighted by Crippen LogP contribution is 2.47. The summed E-state index contributed by atoms with van der Waals surface area (Å²) in [6.07, 6.45) is -1.07. The summed E-state index contributed by atoms with van der Waals surface area (Å²) in [5.74, 6) is -1.08. The largest absolute Gasteiger partial charge is 0.414 e. The smallest absolute Gasteiger partial charge is 0.356 e. The number of hydrogen-bond acceptors (Lipinski definition) is 8. The Labute approximate surface area is 197 Å². The van der Waals surface area contributed by atoms with Crippen LogP contribution in [0.25, 0.3) is 0 Å². The first kappa shape index (κ1) is 27.8. The summed E-state index contributed by atoms with van der Waals surface area (Å²) in [5.41, 5.74) is 0.564. The summed E-state index contributed by atoms with van der Waals surface area (Å²) in [5, 5.41) is 0.700. The first-order chi connectivity index (χ1) is 15.3. The minimum Gasteiger partial charge on any atom is -0.414 e. The number of benzene rings is 1. The first-order valence-electron chi connectivity index (χ1n) is 11.1. The molecule has 11 heteroatoms. The number of hydrogen-bond donors (Lipinski definition) is 0. The molecule has 1 aliphatic rings. The topological polar surface area (TPSA) is 101 Å². The van der Waals surface area contributed by atoms with Gasteiger partial charge in [-0.15, -0.1) is 5.06 Å². The lowest BCUT2D eigenvalue weighted by Gasteiger charge is -2.37. The molecule has 9 nitrogen and oxygen atoms in total. The third-order valence-corrected chi connectivity index (χ3v) is 12.0. The van der Waals surface area contributed by atoms with Crippen molar-refractivity contribution in [3.05, 3.63) is 35.4 Å². The molecule has 1 atom stereocenters. The van der Waals surface area contributed by atoms with E-state index in [0.29, 0.717) is 0 Å². The zero-order valence-electron chi connectivity index (χ0n) is 20.6. The van der Waals surface area contributed by atoms with E-state index in [1.165, 1.54) is 0 Å². The van der Waals surface area contributed by atoms with E-state index < -0.39 is 33.8 Å². The molecule has 186 valence electrons. The summed E-state index contributed by atoms with van der Waals surface area (Å²) < 4.78 is 35.0. The molecule has 1 unspecified atom stereocenters. The molecule has 0 N–H and O–H groups in total. The maximum Gasteiger partial charge on any atom is 0.356 e. The highest BCUT2D eigenvalue weighted by molar-refractivity contribution is 7.53. The van der Waals surface area contributed by atoms with Gasteiger partial charge in [-0.1, -0.05) is 32.9 Å². The lowest BCUT2D eigenvalue weighted by atomic mass is 10.1. The SMILES string of the molecule is CCOP(=O)(COCC(CO[Si](C)(C)C(C)(C)C)ON1C(=O)c2ccccc2C1=O)OCC. The Morgan fingerprint density at radius 1 is 0.970 bits per heavy atom. The van der Waals surface area contributed by atoms with Crippen LogP contribution in [0.4, 0.5) is 0 Å². The number of imide groups is 1. The molecule has 2 rings (SSSR count). The number of rotatable bonds is 13. The van der Waals surface area contributed by atoms with Crippen molar-refractivity contribution in [3.8, 4) is 0 Å². The van der Waals surface area contributed by atoms with E-state index in [1.54, 1.807) is 38.1 Å². The molecule has 0 spiro atoms. The summed E-state index contributed by atoms with van der Waals surface area (Å²) >= 11 is 0. The Hall–Kier alpha value is -1.39. The molecule has 0 aromatic heterocycles. The molecule has 0 bridgehead atoms. The van der Waals surface area contributed by atoms with Gasteiger partial charge in [0.2, 0.25) is 0 Å². The number of carbonyl (C=O) groups is 2. The molecular weight excluding hydrogens is 465 g/mol. The number of ether oxygens (including phenoxy) is 1. The second-order valence-corrected chi connectivity index (χ2v) is 16.0. The summed E-state index contributed by atoms with van der Waals surface area (Å²) in [4.78, 5) is 31.3. The fraction of sp³-hybridized carbons (Fsp3) is 0.636. The van der Waals surface area contributed by atoms with Gasteiger partial charge in [-0.05, 0) is 44.1 Å². The highest BCUT2D eigenvalue weighted by Gasteiger charge is 2.41. The molecule has 1 aromatic rings. The fourth-order valence-corrected chi connectivity index (χ4v) is 5.21. The Morgan fingerprint density at radius 3 is 1.94 bits per heavy atom. The molecule has 1 heterocycles. The van der Waals surface area contributed by atoms with Crippen molar-refractivity contribution in [1.29, 1.82) is 0 Å². The van der Waals surface area contributed by atoms with Gasteiger partial charge in [-0.2, -0.15) is 0 Å². The van der Waals surface area contributed by atoms with E-state index in [4.69, 9.17) is 23.0 Å². The van der Waals surface area contributed by atoms with E-state index in [2.05, 4.69) is 33.9 Å². The maximum atomic E-state index is 12.7. The van der Waals surface area contributed by atoms with Crippen molar-refractivity contribution in [2.75, 3.05) is 32.8 Å². The van der Waals surface area contributed by atoms with Crippen LogP contribution in [-0.2, 0) is 27.6 Å². The minimum absolute atomic E-state index is 0.0481. The molecule has 0 radical (unpaired) electrons. The standard InChI is InChI=1S/C22H36NO8PSi/c1-8-28-32(26,29-9-2)16-27-14-17(15-30-33(6,7)22(3,4)5)31-23-20(24)18-12-10-11-13-19(18)21(23)25/h10-13,17H,8-9,14-16H2,1-7H3. The lowest BCUT2D eigenvalue weighted by Crippen LogP contribution is -2.45. The van der Waals surface area contributed by atoms with Crippen LogP contribution < -0.4 is 0 Å². The molecule has 1 aromatic carbocycles. The van der Waals surface area contributed by atoms with Gasteiger partial charge in [0.05, 0.1) is 37.6 Å². The van der Waals surface area contributed by atoms with Gasteiger partial charge in [-0.25, -0.2) is 0 Å². The predicted octanol–water partition coefficient (Wildman–Crippen LogP) is 4.84. The maximum absolute atomic E-state index is 12.7. The Morgan fingerprint density at radius 2 is 1.48 bits per heavy atom. The Kier molecular flexibility index (Phi) is 9.58. The van der Waals surface area contributed by atoms with E-state index in [-0.39, 0.29) is 48.9 Å². The van der Waals surface area contributed by atoms with Gasteiger partial charge in [0.15, 0.2) is 8.32 Å². The number of carbonyl (C=O) groups excluding carboxylic acids is 2. The summed E-state index contributed by atoms with van der Waals surface area (Å²) in [7, 11) is -5.57. The fourth-order valence-electron chi connectivity index (χ4n) is 2.84. The van der Waals surface area contributed by atoms with Crippen molar-refractivity contribution < 1.29 is 37.2 Å². The van der Waals surface area contributed by atoms with E-state index in [0.717, 1.165) is 5.06 Å². The van der Waals surface area contributed by atoms with E-state index >= 15 is 0 Å². The van der Waals surface area contributed by atoms with Crippen molar-refractivity contribution >= 4 is 27.7 Å². The van der Waals surface area contributed by atoms with Crippen molar-refractivity contribution in [2.24, 2.45) is 0 Å². The normalized spacial score (nSPS) is 15.8. The number of fused-ring (bicyclic) bond motifs is 1. The third-order valence-electron chi connectivity index (χ3n) is 5.65. The van der Waals surface area contributed by atoms with E-state index in [9.17, 15) is 14.2 Å². The van der Waals surface area contributed by atoms with Gasteiger partial charge in [-0.3, -0.25) is 19.0 Å². The predicted molar refractivity (Wildman–Crippen MR) is 127 cm³/mol. The van der Waals surface area contributed by atoms with Crippen LogP contribution >= 0.6 is 7.60 Å². The Bertz CT molecular complexity index is 840. The average molecular weight is 502 g/mol. The third kappa shape index (κ3) is 7.05. The van der Waals surface area contributed by atoms with Crippen molar-refractivity contribution in [1.82, 2.24) is 5.06 Å². The summed E-state index contributed by atoms with van der Waals surface area (Å²) in [6, 6.07) is 6.54. The van der Waals surface area contributed by atoms with Gasteiger partial charge < -0.3 is 18.2 Å². The molecule has 33 heavy (non-hydrogen) atoms. The van der Waals surface area contributed by atoms with Crippen LogP contribution in [0.1, 0.15) is 55.3 Å². The van der Waals surface area contributed by atoms with Gasteiger partial charge in [0.1, 0.15) is 12.5 Å². The Balaban J connectivity index is 2.13. The van der Waals surface area contributed by atoms with Gasteiger partial charge in [0.25, 0.3) is 11.8 Å².